The Hall–Kier alpha value is -2.87. The zero-order chi connectivity index (χ0) is 18.4. The van der Waals surface area contributed by atoms with Crippen molar-refractivity contribution in [3.8, 4) is 11.3 Å². The predicted octanol–water partition coefficient (Wildman–Crippen LogP) is 2.31. The van der Waals surface area contributed by atoms with E-state index in [-0.39, 0.29) is 17.0 Å². The third-order valence-corrected chi connectivity index (χ3v) is 3.45. The summed E-state index contributed by atoms with van der Waals surface area (Å²) in [5.41, 5.74) is 0.788. The molecule has 1 aromatic carbocycles. The van der Waals surface area contributed by atoms with Gasteiger partial charge in [0.1, 0.15) is 17.0 Å². The molecule has 2 rings (SSSR count). The van der Waals surface area contributed by atoms with Crippen molar-refractivity contribution in [2.24, 2.45) is 0 Å². The lowest BCUT2D eigenvalue weighted by Crippen LogP contribution is -2.41. The number of benzene rings is 1. The van der Waals surface area contributed by atoms with E-state index in [2.05, 4.69) is 10.5 Å². The number of carbonyl (C=O) groups is 3. The quantitative estimate of drug-likeness (QED) is 0.786. The highest BCUT2D eigenvalue weighted by Gasteiger charge is 2.25. The van der Waals surface area contributed by atoms with Crippen molar-refractivity contribution < 1.29 is 23.6 Å². The summed E-state index contributed by atoms with van der Waals surface area (Å²) in [6, 6.07) is 6.14. The van der Waals surface area contributed by atoms with Gasteiger partial charge in [-0.15, -0.1) is 0 Å². The van der Waals surface area contributed by atoms with Gasteiger partial charge in [0, 0.05) is 12.1 Å². The summed E-state index contributed by atoms with van der Waals surface area (Å²) < 4.78 is 9.99. The van der Waals surface area contributed by atoms with Crippen molar-refractivity contribution in [1.82, 2.24) is 15.8 Å². The van der Waals surface area contributed by atoms with E-state index < -0.39 is 24.5 Å². The maximum absolute atomic E-state index is 12.3. The Morgan fingerprint density at radius 3 is 2.68 bits per heavy atom. The van der Waals surface area contributed by atoms with Crippen molar-refractivity contribution >= 4 is 29.5 Å². The number of amides is 3. The fourth-order valence-corrected chi connectivity index (χ4v) is 2.25. The second-order valence-electron chi connectivity index (χ2n) is 4.93. The van der Waals surface area contributed by atoms with Gasteiger partial charge in [-0.2, -0.15) is 0 Å². The van der Waals surface area contributed by atoms with E-state index in [1.165, 1.54) is 0 Å². The largest absolute Gasteiger partial charge is 0.452 e. The van der Waals surface area contributed by atoms with Gasteiger partial charge < -0.3 is 14.6 Å². The van der Waals surface area contributed by atoms with E-state index in [1.54, 1.807) is 38.1 Å². The fraction of sp³-hybridized carbons (Fsp3) is 0.250. The molecule has 0 saturated heterocycles. The Bertz CT molecular complexity index is 803. The molecule has 0 bridgehead atoms. The van der Waals surface area contributed by atoms with Crippen LogP contribution >= 0.6 is 11.6 Å². The maximum atomic E-state index is 12.3. The molecule has 2 N–H and O–H groups in total. The molecule has 0 unspecified atom stereocenters. The topological polar surface area (TPSA) is 111 Å². The van der Waals surface area contributed by atoms with Crippen LogP contribution in [0.15, 0.2) is 28.8 Å². The number of carbonyl (C=O) groups excluding carboxylic acids is 3. The summed E-state index contributed by atoms with van der Waals surface area (Å²) in [5, 5.41) is 8.64. The minimum atomic E-state index is -0.806. The molecule has 0 aliphatic heterocycles. The Morgan fingerprint density at radius 2 is 2.00 bits per heavy atom. The van der Waals surface area contributed by atoms with Crippen LogP contribution in [0.2, 0.25) is 5.02 Å². The number of nitrogens with one attached hydrogen (secondary N) is 2. The number of halogens is 1. The first-order valence-corrected chi connectivity index (χ1v) is 7.77. The molecule has 0 fully saturated rings. The van der Waals surface area contributed by atoms with Gasteiger partial charge in [-0.25, -0.2) is 9.59 Å². The minimum absolute atomic E-state index is 0.0684. The minimum Gasteiger partial charge on any atom is -0.452 e. The van der Waals surface area contributed by atoms with Crippen LogP contribution in [0.3, 0.4) is 0 Å². The van der Waals surface area contributed by atoms with Crippen LogP contribution in [0.25, 0.3) is 11.3 Å². The van der Waals surface area contributed by atoms with Crippen molar-refractivity contribution in [3.05, 3.63) is 40.6 Å². The lowest BCUT2D eigenvalue weighted by Gasteiger charge is -2.07. The third-order valence-electron chi connectivity index (χ3n) is 3.12. The Balaban J connectivity index is 2.10. The lowest BCUT2D eigenvalue weighted by atomic mass is 10.1. The van der Waals surface area contributed by atoms with Crippen LogP contribution in [0.1, 0.15) is 23.0 Å². The summed E-state index contributed by atoms with van der Waals surface area (Å²) in [5.74, 6) is -1.34. The van der Waals surface area contributed by atoms with E-state index in [0.29, 0.717) is 17.1 Å². The number of urea groups is 1. The Labute approximate surface area is 148 Å². The SMILES string of the molecule is CCNC(=O)NC(=O)COC(=O)c1c(-c2ccccc2Cl)noc1C. The molecule has 0 saturated carbocycles. The number of imide groups is 1. The second-order valence-corrected chi connectivity index (χ2v) is 5.33. The first kappa shape index (κ1) is 18.5. The number of nitrogens with zero attached hydrogens (tertiary/aromatic N) is 1. The van der Waals surface area contributed by atoms with Gasteiger partial charge in [-0.1, -0.05) is 35.0 Å². The average molecular weight is 366 g/mol. The predicted molar refractivity (Wildman–Crippen MR) is 89.2 cm³/mol. The number of rotatable bonds is 5. The first-order valence-electron chi connectivity index (χ1n) is 7.40. The summed E-state index contributed by atoms with van der Waals surface area (Å²) in [7, 11) is 0. The molecule has 0 aliphatic rings. The van der Waals surface area contributed by atoms with Crippen molar-refractivity contribution in [1.29, 1.82) is 0 Å². The molecule has 8 nitrogen and oxygen atoms in total. The molecular weight excluding hydrogens is 350 g/mol. The highest BCUT2D eigenvalue weighted by atomic mass is 35.5. The average Bonchev–Trinajstić information content (AvgIpc) is 2.95. The number of hydrogen-bond donors (Lipinski definition) is 2. The molecule has 0 spiro atoms. The van der Waals surface area contributed by atoms with Gasteiger partial charge in [-0.3, -0.25) is 10.1 Å². The van der Waals surface area contributed by atoms with Gasteiger partial charge in [0.05, 0.1) is 5.02 Å². The van der Waals surface area contributed by atoms with Crippen LogP contribution < -0.4 is 10.6 Å². The van der Waals surface area contributed by atoms with Gasteiger partial charge in [0.15, 0.2) is 6.61 Å². The number of hydrogen-bond acceptors (Lipinski definition) is 6. The number of esters is 1. The first-order chi connectivity index (χ1) is 11.9. The molecule has 0 radical (unpaired) electrons. The van der Waals surface area contributed by atoms with Gasteiger partial charge >= 0.3 is 12.0 Å². The summed E-state index contributed by atoms with van der Waals surface area (Å²) in [6.07, 6.45) is 0. The zero-order valence-electron chi connectivity index (χ0n) is 13.6. The van der Waals surface area contributed by atoms with E-state index in [1.807, 2.05) is 5.32 Å². The van der Waals surface area contributed by atoms with Crippen molar-refractivity contribution in [3.63, 3.8) is 0 Å². The highest BCUT2D eigenvalue weighted by Crippen LogP contribution is 2.31. The second kappa shape index (κ2) is 8.29. The highest BCUT2D eigenvalue weighted by molar-refractivity contribution is 6.33. The van der Waals surface area contributed by atoms with Gasteiger partial charge in [0.2, 0.25) is 0 Å². The van der Waals surface area contributed by atoms with Crippen molar-refractivity contribution in [2.45, 2.75) is 13.8 Å². The number of aryl methyl sites for hydroxylation is 1. The molecule has 3 amide bonds. The Morgan fingerprint density at radius 1 is 1.28 bits per heavy atom. The normalized spacial score (nSPS) is 10.2. The van der Waals surface area contributed by atoms with Gasteiger partial charge in [-0.05, 0) is 19.9 Å². The lowest BCUT2D eigenvalue weighted by molar-refractivity contribution is -0.123. The molecular formula is C16H16ClN3O5. The van der Waals surface area contributed by atoms with E-state index >= 15 is 0 Å². The van der Waals surface area contributed by atoms with E-state index in [9.17, 15) is 14.4 Å². The van der Waals surface area contributed by atoms with Crippen LogP contribution in [-0.2, 0) is 9.53 Å². The number of aromatic nitrogens is 1. The molecule has 2 aromatic rings. The molecule has 9 heteroatoms. The Kier molecular flexibility index (Phi) is 6.13. The van der Waals surface area contributed by atoms with Crippen LogP contribution in [0.4, 0.5) is 4.79 Å². The molecule has 0 atom stereocenters. The molecule has 25 heavy (non-hydrogen) atoms. The van der Waals surface area contributed by atoms with Gasteiger partial charge in [0.25, 0.3) is 5.91 Å². The fourth-order valence-electron chi connectivity index (χ4n) is 2.02. The van der Waals surface area contributed by atoms with Crippen molar-refractivity contribution in [2.75, 3.05) is 13.2 Å². The molecule has 0 aliphatic carbocycles. The summed E-state index contributed by atoms with van der Waals surface area (Å²) in [4.78, 5) is 35.1. The van der Waals surface area contributed by atoms with Crippen LogP contribution in [0, 0.1) is 6.92 Å². The van der Waals surface area contributed by atoms with Crippen LogP contribution in [0.5, 0.6) is 0 Å². The molecule has 132 valence electrons. The van der Waals surface area contributed by atoms with Crippen LogP contribution in [-0.4, -0.2) is 36.2 Å². The third kappa shape index (κ3) is 4.57. The smallest absolute Gasteiger partial charge is 0.344 e. The monoisotopic (exact) mass is 365 g/mol. The number of ether oxygens (including phenoxy) is 1. The molecule has 1 aromatic heterocycles. The van der Waals surface area contributed by atoms with E-state index in [4.69, 9.17) is 20.9 Å². The summed E-state index contributed by atoms with van der Waals surface area (Å²) in [6.45, 7) is 2.98. The molecule has 1 heterocycles. The zero-order valence-corrected chi connectivity index (χ0v) is 14.3. The maximum Gasteiger partial charge on any atom is 0.344 e. The summed E-state index contributed by atoms with van der Waals surface area (Å²) >= 11 is 6.12. The standard InChI is InChI=1S/C16H16ClN3O5/c1-3-18-16(23)19-12(21)8-24-15(22)13-9(2)25-20-14(13)10-6-4-5-7-11(10)17/h4-7H,3,8H2,1-2H3,(H2,18,19,21,23). The van der Waals surface area contributed by atoms with E-state index in [0.717, 1.165) is 0 Å².